The van der Waals surface area contributed by atoms with Crippen molar-refractivity contribution in [2.24, 2.45) is 4.99 Å². The minimum Gasteiger partial charge on any atom is -0.356 e. The van der Waals surface area contributed by atoms with Gasteiger partial charge >= 0.3 is 0 Å². The van der Waals surface area contributed by atoms with Crippen molar-refractivity contribution >= 4 is 29.2 Å². The van der Waals surface area contributed by atoms with E-state index in [4.69, 9.17) is 23.2 Å². The third kappa shape index (κ3) is 4.90. The minimum atomic E-state index is 0.618. The van der Waals surface area contributed by atoms with Gasteiger partial charge in [-0.05, 0) is 36.2 Å². The molecule has 6 heteroatoms. The van der Waals surface area contributed by atoms with Crippen molar-refractivity contribution in [1.82, 2.24) is 15.6 Å². The lowest BCUT2D eigenvalue weighted by molar-refractivity contribution is 0.783. The lowest BCUT2D eigenvalue weighted by atomic mass is 10.1. The molecule has 2 aromatic rings. The molecule has 0 radical (unpaired) electrons. The summed E-state index contributed by atoms with van der Waals surface area (Å²) in [5, 5.41) is 7.82. The van der Waals surface area contributed by atoms with E-state index in [-0.39, 0.29) is 0 Å². The van der Waals surface area contributed by atoms with Crippen LogP contribution in [0.4, 0.5) is 0 Å². The molecule has 0 aliphatic carbocycles. The average molecular weight is 337 g/mol. The number of hydrogen-bond donors (Lipinski definition) is 2. The molecule has 22 heavy (non-hydrogen) atoms. The number of rotatable bonds is 5. The second kappa shape index (κ2) is 8.61. The number of pyridine rings is 1. The summed E-state index contributed by atoms with van der Waals surface area (Å²) in [6, 6.07) is 11.3. The third-order valence-electron chi connectivity index (χ3n) is 3.12. The molecule has 1 aromatic heterocycles. The molecule has 1 heterocycles. The van der Waals surface area contributed by atoms with Crippen LogP contribution in [-0.4, -0.2) is 24.5 Å². The van der Waals surface area contributed by atoms with Crippen LogP contribution in [0.1, 0.15) is 11.3 Å². The first-order valence-corrected chi connectivity index (χ1v) is 7.73. The molecule has 0 fully saturated rings. The maximum Gasteiger partial charge on any atom is 0.191 e. The van der Waals surface area contributed by atoms with Crippen LogP contribution in [0.15, 0.2) is 47.6 Å². The summed E-state index contributed by atoms with van der Waals surface area (Å²) in [5.74, 6) is 0.717. The van der Waals surface area contributed by atoms with E-state index in [1.807, 2.05) is 36.4 Å². The van der Waals surface area contributed by atoms with Crippen LogP contribution in [0.2, 0.25) is 10.0 Å². The van der Waals surface area contributed by atoms with Crippen molar-refractivity contribution in [2.45, 2.75) is 13.0 Å². The number of nitrogens with one attached hydrogen (secondary N) is 2. The van der Waals surface area contributed by atoms with Gasteiger partial charge in [0.2, 0.25) is 0 Å². The number of nitrogens with zero attached hydrogens (tertiary/aromatic N) is 2. The van der Waals surface area contributed by atoms with Gasteiger partial charge in [0, 0.05) is 29.8 Å². The van der Waals surface area contributed by atoms with Crippen molar-refractivity contribution in [2.75, 3.05) is 13.6 Å². The lowest BCUT2D eigenvalue weighted by Crippen LogP contribution is -2.38. The minimum absolute atomic E-state index is 0.618. The van der Waals surface area contributed by atoms with Gasteiger partial charge in [-0.25, -0.2) is 0 Å². The molecule has 0 aliphatic heterocycles. The first-order chi connectivity index (χ1) is 10.7. The Bertz CT molecular complexity index is 609. The van der Waals surface area contributed by atoms with Crippen molar-refractivity contribution in [1.29, 1.82) is 0 Å². The molecule has 0 spiro atoms. The van der Waals surface area contributed by atoms with Crippen LogP contribution in [-0.2, 0) is 13.0 Å². The molecule has 2 N–H and O–H groups in total. The molecule has 4 nitrogen and oxygen atoms in total. The number of guanidine groups is 1. The van der Waals surface area contributed by atoms with Crippen LogP contribution in [0.5, 0.6) is 0 Å². The van der Waals surface area contributed by atoms with E-state index in [1.54, 1.807) is 13.2 Å². The first kappa shape index (κ1) is 16.6. The van der Waals surface area contributed by atoms with Crippen LogP contribution >= 0.6 is 23.2 Å². The molecule has 0 atom stereocenters. The molecule has 116 valence electrons. The molecule has 0 amide bonds. The fourth-order valence-corrected chi connectivity index (χ4v) is 2.56. The Hall–Kier alpha value is -1.78. The summed E-state index contributed by atoms with van der Waals surface area (Å²) >= 11 is 12.3. The molecule has 1 aromatic carbocycles. The summed E-state index contributed by atoms with van der Waals surface area (Å²) in [4.78, 5) is 8.44. The Morgan fingerprint density at radius 3 is 2.50 bits per heavy atom. The molecule has 0 saturated heterocycles. The molecular formula is C16H18Cl2N4. The monoisotopic (exact) mass is 336 g/mol. The summed E-state index contributed by atoms with van der Waals surface area (Å²) in [6.45, 7) is 1.30. The topological polar surface area (TPSA) is 49.3 Å². The summed E-state index contributed by atoms with van der Waals surface area (Å²) in [6.07, 6.45) is 2.50. The predicted molar refractivity (Wildman–Crippen MR) is 92.6 cm³/mol. The average Bonchev–Trinajstić information content (AvgIpc) is 2.54. The zero-order chi connectivity index (χ0) is 15.8. The van der Waals surface area contributed by atoms with E-state index in [9.17, 15) is 0 Å². The van der Waals surface area contributed by atoms with Gasteiger partial charge in [0.15, 0.2) is 5.96 Å². The number of aliphatic imine (C=N–C) groups is 1. The van der Waals surface area contributed by atoms with Gasteiger partial charge in [0.1, 0.15) is 0 Å². The van der Waals surface area contributed by atoms with Gasteiger partial charge < -0.3 is 10.6 Å². The molecule has 0 aliphatic rings. The van der Waals surface area contributed by atoms with Gasteiger partial charge in [-0.15, -0.1) is 0 Å². The Labute approximate surface area is 140 Å². The normalized spacial score (nSPS) is 11.3. The van der Waals surface area contributed by atoms with Crippen molar-refractivity contribution in [3.63, 3.8) is 0 Å². The second-order valence-corrected chi connectivity index (χ2v) is 5.44. The maximum atomic E-state index is 6.15. The van der Waals surface area contributed by atoms with E-state index in [1.165, 1.54) is 0 Å². The fourth-order valence-electron chi connectivity index (χ4n) is 1.97. The van der Waals surface area contributed by atoms with Crippen molar-refractivity contribution in [3.8, 4) is 0 Å². The van der Waals surface area contributed by atoms with Gasteiger partial charge in [-0.1, -0.05) is 35.3 Å². The molecule has 0 saturated carbocycles. The molecule has 0 unspecified atom stereocenters. The zero-order valence-corrected chi connectivity index (χ0v) is 13.8. The van der Waals surface area contributed by atoms with Crippen LogP contribution in [0.25, 0.3) is 0 Å². The van der Waals surface area contributed by atoms with Crippen molar-refractivity contribution in [3.05, 3.63) is 63.9 Å². The van der Waals surface area contributed by atoms with E-state index >= 15 is 0 Å². The van der Waals surface area contributed by atoms with E-state index in [2.05, 4.69) is 20.6 Å². The number of hydrogen-bond acceptors (Lipinski definition) is 2. The van der Waals surface area contributed by atoms with E-state index in [0.717, 1.165) is 17.7 Å². The quantitative estimate of drug-likeness (QED) is 0.650. The highest BCUT2D eigenvalue weighted by molar-refractivity contribution is 6.35. The van der Waals surface area contributed by atoms with Gasteiger partial charge in [-0.3, -0.25) is 9.98 Å². The molecular weight excluding hydrogens is 319 g/mol. The number of benzene rings is 1. The van der Waals surface area contributed by atoms with Crippen LogP contribution in [0, 0.1) is 0 Å². The Balaban J connectivity index is 1.82. The zero-order valence-electron chi connectivity index (χ0n) is 12.3. The van der Waals surface area contributed by atoms with E-state index < -0.39 is 0 Å². The Morgan fingerprint density at radius 2 is 1.86 bits per heavy atom. The smallest absolute Gasteiger partial charge is 0.191 e. The fraction of sp³-hybridized carbons (Fsp3) is 0.250. The largest absolute Gasteiger partial charge is 0.356 e. The maximum absolute atomic E-state index is 6.15. The van der Waals surface area contributed by atoms with E-state index in [0.29, 0.717) is 29.1 Å². The molecule has 2 rings (SSSR count). The number of halogens is 2. The highest BCUT2D eigenvalue weighted by Gasteiger charge is 2.05. The van der Waals surface area contributed by atoms with Gasteiger partial charge in [-0.2, -0.15) is 0 Å². The van der Waals surface area contributed by atoms with Gasteiger partial charge in [0.05, 0.1) is 12.2 Å². The van der Waals surface area contributed by atoms with Crippen LogP contribution in [0.3, 0.4) is 0 Å². The molecule has 0 bridgehead atoms. The highest BCUT2D eigenvalue weighted by Crippen LogP contribution is 2.24. The summed E-state index contributed by atoms with van der Waals surface area (Å²) < 4.78 is 0. The third-order valence-corrected chi connectivity index (χ3v) is 3.82. The summed E-state index contributed by atoms with van der Waals surface area (Å²) in [7, 11) is 1.73. The first-order valence-electron chi connectivity index (χ1n) is 6.98. The summed E-state index contributed by atoms with van der Waals surface area (Å²) in [5.41, 5.74) is 1.90. The standard InChI is InChI=1S/C16H18Cl2N4/c1-19-16(22-11-12-5-2-3-9-20-12)21-10-8-13-14(17)6-4-7-15(13)18/h2-7,9H,8,10-11H2,1H3,(H2,19,21,22). The SMILES string of the molecule is CN=C(NCCc1c(Cl)cccc1Cl)NCc1ccccn1. The Morgan fingerprint density at radius 1 is 1.09 bits per heavy atom. The highest BCUT2D eigenvalue weighted by atomic mass is 35.5. The lowest BCUT2D eigenvalue weighted by Gasteiger charge is -2.12. The predicted octanol–water partition coefficient (Wildman–Crippen LogP) is 3.30. The Kier molecular flexibility index (Phi) is 6.49. The van der Waals surface area contributed by atoms with Gasteiger partial charge in [0.25, 0.3) is 0 Å². The van der Waals surface area contributed by atoms with Crippen molar-refractivity contribution < 1.29 is 0 Å². The number of aromatic nitrogens is 1. The second-order valence-electron chi connectivity index (χ2n) is 4.62. The van der Waals surface area contributed by atoms with Crippen LogP contribution < -0.4 is 10.6 Å².